The molecule has 8 heteroatoms. The highest BCUT2D eigenvalue weighted by atomic mass is 16.5. The second-order valence-corrected chi connectivity index (χ2v) is 5.10. The zero-order valence-electron chi connectivity index (χ0n) is 13.9. The molecule has 0 aliphatic carbocycles. The Morgan fingerprint density at radius 1 is 1.04 bits per heavy atom. The molecule has 0 atom stereocenters. The quantitative estimate of drug-likeness (QED) is 0.427. The van der Waals surface area contributed by atoms with Crippen molar-refractivity contribution in [2.24, 2.45) is 0 Å². The van der Waals surface area contributed by atoms with Gasteiger partial charge in [0.2, 0.25) is 0 Å². The molecule has 0 aliphatic rings. The average Bonchev–Trinajstić information content (AvgIpc) is 2.62. The predicted molar refractivity (Wildman–Crippen MR) is 95.4 cm³/mol. The van der Waals surface area contributed by atoms with Gasteiger partial charge in [0.25, 0.3) is 0 Å². The lowest BCUT2D eigenvalue weighted by atomic mass is 10.2. The molecule has 0 aromatic carbocycles. The van der Waals surface area contributed by atoms with Crippen LogP contribution in [0.4, 0.5) is 11.9 Å². The molecule has 2 rings (SSSR count). The lowest BCUT2D eigenvalue weighted by Crippen LogP contribution is -2.31. The molecular formula is C17H20N6O2. The number of nitrogens with one attached hydrogen (secondary N) is 2. The van der Waals surface area contributed by atoms with Gasteiger partial charge in [-0.05, 0) is 18.1 Å². The van der Waals surface area contributed by atoms with Crippen LogP contribution in [-0.4, -0.2) is 23.1 Å². The van der Waals surface area contributed by atoms with Crippen LogP contribution in [0, 0.1) is 10.4 Å². The summed E-state index contributed by atoms with van der Waals surface area (Å²) in [5, 5.41) is 28.9. The Balaban J connectivity index is 1.85. The minimum Gasteiger partial charge on any atom is -0.740 e. The van der Waals surface area contributed by atoms with Crippen LogP contribution in [0.1, 0.15) is 6.92 Å². The van der Waals surface area contributed by atoms with E-state index < -0.39 is 0 Å². The van der Waals surface area contributed by atoms with Gasteiger partial charge in [0, 0.05) is 12.1 Å². The van der Waals surface area contributed by atoms with Gasteiger partial charge in [-0.25, -0.2) is 9.46 Å². The highest BCUT2D eigenvalue weighted by Crippen LogP contribution is 2.03. The van der Waals surface area contributed by atoms with E-state index in [0.717, 1.165) is 11.1 Å². The third-order valence-electron chi connectivity index (χ3n) is 3.25. The van der Waals surface area contributed by atoms with Gasteiger partial charge in [0.1, 0.15) is 12.4 Å². The summed E-state index contributed by atoms with van der Waals surface area (Å²) in [6.07, 6.45) is 11.5. The molecule has 0 aliphatic heterocycles. The zero-order valence-corrected chi connectivity index (χ0v) is 13.9. The first-order chi connectivity index (χ1) is 12.1. The van der Waals surface area contributed by atoms with Crippen molar-refractivity contribution in [1.29, 1.82) is 0 Å². The highest BCUT2D eigenvalue weighted by Gasteiger charge is 2.06. The lowest BCUT2D eigenvalue weighted by Gasteiger charge is -2.08. The molecule has 2 N–H and O–H groups in total. The van der Waals surface area contributed by atoms with Gasteiger partial charge in [-0.2, -0.15) is 0 Å². The number of hydrogen-bond donors (Lipinski definition) is 2. The number of rotatable bonds is 8. The molecule has 0 fully saturated rings. The summed E-state index contributed by atoms with van der Waals surface area (Å²) in [6, 6.07) is 3.13. The Morgan fingerprint density at radius 2 is 1.60 bits per heavy atom. The Labute approximate surface area is 146 Å². The summed E-state index contributed by atoms with van der Waals surface area (Å²) < 4.78 is 1.33. The van der Waals surface area contributed by atoms with E-state index in [1.807, 2.05) is 25.2 Å². The summed E-state index contributed by atoms with van der Waals surface area (Å²) in [6.45, 7) is 6.68. The van der Waals surface area contributed by atoms with Crippen molar-refractivity contribution in [1.82, 2.24) is 9.97 Å². The standard InChI is InChI=1S/C17H20N6O2/c1-3-15(13-21-17-19-9-5-11-23(17)25)7-6-14(2)12-20-16-18-8-4-10-22(16)24/h3-11H,2,12-13H2,1H3,(H,18,20)(H,19,21)/b7-6-,15-3+. The molecular weight excluding hydrogens is 320 g/mol. The molecule has 130 valence electrons. The minimum atomic E-state index is 0.222. The highest BCUT2D eigenvalue weighted by molar-refractivity contribution is 5.33. The monoisotopic (exact) mass is 340 g/mol. The lowest BCUT2D eigenvalue weighted by molar-refractivity contribution is -0.593. The maximum absolute atomic E-state index is 11.5. The molecule has 2 aromatic heterocycles. The van der Waals surface area contributed by atoms with E-state index in [-0.39, 0.29) is 11.9 Å². The zero-order chi connectivity index (χ0) is 18.1. The molecule has 0 saturated carbocycles. The maximum atomic E-state index is 11.5. The van der Waals surface area contributed by atoms with Crippen molar-refractivity contribution in [2.45, 2.75) is 6.92 Å². The molecule has 8 nitrogen and oxygen atoms in total. The molecule has 0 spiro atoms. The van der Waals surface area contributed by atoms with Crippen molar-refractivity contribution in [3.63, 3.8) is 0 Å². The molecule has 0 unspecified atom stereocenters. The van der Waals surface area contributed by atoms with Crippen LogP contribution in [0.25, 0.3) is 0 Å². The van der Waals surface area contributed by atoms with Gasteiger partial charge in [0.15, 0.2) is 0 Å². The van der Waals surface area contributed by atoms with E-state index in [0.29, 0.717) is 22.6 Å². The largest absolute Gasteiger partial charge is 0.740 e. The second-order valence-electron chi connectivity index (χ2n) is 5.10. The third kappa shape index (κ3) is 5.61. The van der Waals surface area contributed by atoms with Gasteiger partial charge in [-0.3, -0.25) is 10.6 Å². The minimum absolute atomic E-state index is 0.222. The van der Waals surface area contributed by atoms with E-state index in [2.05, 4.69) is 27.2 Å². The molecule has 0 radical (unpaired) electrons. The summed E-state index contributed by atoms with van der Waals surface area (Å²) in [4.78, 5) is 7.92. The van der Waals surface area contributed by atoms with Gasteiger partial charge < -0.3 is 10.4 Å². The van der Waals surface area contributed by atoms with E-state index in [1.54, 1.807) is 24.5 Å². The molecule has 2 heterocycles. The van der Waals surface area contributed by atoms with Crippen LogP contribution < -0.4 is 20.1 Å². The topological polar surface area (TPSA) is 104 Å². The summed E-state index contributed by atoms with van der Waals surface area (Å²) >= 11 is 0. The van der Waals surface area contributed by atoms with Gasteiger partial charge in [-0.1, -0.05) is 34.8 Å². The van der Waals surface area contributed by atoms with Crippen molar-refractivity contribution >= 4 is 11.9 Å². The molecule has 25 heavy (non-hydrogen) atoms. The first-order valence-electron chi connectivity index (χ1n) is 7.67. The maximum Gasteiger partial charge on any atom is 0.392 e. The molecule has 2 aromatic rings. The molecule has 0 amide bonds. The van der Waals surface area contributed by atoms with Crippen LogP contribution in [0.2, 0.25) is 0 Å². The fourth-order valence-corrected chi connectivity index (χ4v) is 1.88. The van der Waals surface area contributed by atoms with Crippen LogP contribution in [0.3, 0.4) is 0 Å². The van der Waals surface area contributed by atoms with Crippen LogP contribution in [0.15, 0.2) is 72.9 Å². The Bertz CT molecular complexity index is 788. The first kappa shape index (κ1) is 17.9. The number of hydrogen-bond acceptors (Lipinski definition) is 6. The predicted octanol–water partition coefficient (Wildman–Crippen LogP) is 1.33. The normalized spacial score (nSPS) is 11.5. The third-order valence-corrected chi connectivity index (χ3v) is 3.25. The van der Waals surface area contributed by atoms with Crippen molar-refractivity contribution in [2.75, 3.05) is 23.7 Å². The number of allylic oxidation sites excluding steroid dienone is 1. The van der Waals surface area contributed by atoms with E-state index in [1.165, 1.54) is 12.4 Å². The fraction of sp³-hybridized carbons (Fsp3) is 0.176. The van der Waals surface area contributed by atoms with Gasteiger partial charge >= 0.3 is 11.9 Å². The number of nitrogens with zero attached hydrogens (tertiary/aromatic N) is 4. The Kier molecular flexibility index (Phi) is 6.47. The molecule has 0 bridgehead atoms. The first-order valence-corrected chi connectivity index (χ1v) is 7.67. The van der Waals surface area contributed by atoms with E-state index in [9.17, 15) is 10.4 Å². The van der Waals surface area contributed by atoms with Crippen LogP contribution in [-0.2, 0) is 0 Å². The van der Waals surface area contributed by atoms with Gasteiger partial charge in [-0.15, -0.1) is 0 Å². The Morgan fingerprint density at radius 3 is 2.12 bits per heavy atom. The van der Waals surface area contributed by atoms with Crippen molar-refractivity contribution in [3.05, 3.63) is 83.3 Å². The van der Waals surface area contributed by atoms with Crippen LogP contribution in [0.5, 0.6) is 0 Å². The van der Waals surface area contributed by atoms with Crippen molar-refractivity contribution < 1.29 is 9.46 Å². The SMILES string of the molecule is C=C(/C=C\C(=C/C)CNc1nccc[n+]1[O-])CNc1nccc[n+]1[O-]. The number of anilines is 2. The smallest absolute Gasteiger partial charge is 0.392 e. The summed E-state index contributed by atoms with van der Waals surface area (Å²) in [7, 11) is 0. The van der Waals surface area contributed by atoms with E-state index in [4.69, 9.17) is 0 Å². The van der Waals surface area contributed by atoms with Gasteiger partial charge in [0.05, 0.1) is 25.5 Å². The van der Waals surface area contributed by atoms with Crippen LogP contribution >= 0.6 is 0 Å². The fourth-order valence-electron chi connectivity index (χ4n) is 1.88. The van der Waals surface area contributed by atoms with Crippen molar-refractivity contribution in [3.8, 4) is 0 Å². The molecule has 0 saturated heterocycles. The average molecular weight is 340 g/mol. The Hall–Kier alpha value is -3.42. The van der Waals surface area contributed by atoms with E-state index >= 15 is 0 Å². The second kappa shape index (κ2) is 9.02. The number of aromatic nitrogens is 4. The summed E-state index contributed by atoms with van der Waals surface area (Å²) in [5.41, 5.74) is 1.74. The summed E-state index contributed by atoms with van der Waals surface area (Å²) in [5.74, 6) is 0.464.